The van der Waals surface area contributed by atoms with Crippen LogP contribution < -0.4 is 0 Å². The number of pyridine rings is 1. The Hall–Kier alpha value is -2.00. The van der Waals surface area contributed by atoms with Gasteiger partial charge in [0, 0.05) is 50.2 Å². The highest BCUT2D eigenvalue weighted by Gasteiger charge is 2.35. The van der Waals surface area contributed by atoms with Gasteiger partial charge in [-0.3, -0.25) is 9.78 Å². The normalized spacial score (nSPS) is 19.8. The first-order valence-corrected chi connectivity index (χ1v) is 14.8. The molecule has 176 valence electrons. The molecule has 0 N–H and O–H groups in total. The Bertz CT molecular complexity index is 912. The van der Waals surface area contributed by atoms with Gasteiger partial charge in [-0.2, -0.15) is 13.2 Å². The van der Waals surface area contributed by atoms with Crippen molar-refractivity contribution in [3.8, 4) is 11.4 Å². The van der Waals surface area contributed by atoms with Crippen molar-refractivity contribution in [1.29, 1.82) is 0 Å². The van der Waals surface area contributed by atoms with Crippen LogP contribution in [0, 0.1) is 5.92 Å². The third-order valence-corrected chi connectivity index (χ3v) is 7.76. The lowest BCUT2D eigenvalue weighted by Crippen LogP contribution is -2.22. The van der Waals surface area contributed by atoms with E-state index in [1.807, 2.05) is 6.07 Å². The highest BCUT2D eigenvalue weighted by molar-refractivity contribution is 6.76. The van der Waals surface area contributed by atoms with E-state index in [1.54, 1.807) is 19.2 Å². The first kappa shape index (κ1) is 24.6. The monoisotopic (exact) mass is 467 g/mol. The molecule has 2 aromatic heterocycles. The molecule has 2 heterocycles. The fourth-order valence-electron chi connectivity index (χ4n) is 4.00. The number of alkyl halides is 3. The molecule has 0 bridgehead atoms. The van der Waals surface area contributed by atoms with E-state index >= 15 is 0 Å². The van der Waals surface area contributed by atoms with Gasteiger partial charge in [0.25, 0.3) is 0 Å². The Balaban J connectivity index is 1.74. The van der Waals surface area contributed by atoms with E-state index in [1.165, 1.54) is 4.57 Å². The Labute approximate surface area is 188 Å². The van der Waals surface area contributed by atoms with Crippen LogP contribution in [0.5, 0.6) is 0 Å². The first-order valence-electron chi connectivity index (χ1n) is 11.1. The molecule has 5 nitrogen and oxygen atoms in total. The maximum Gasteiger partial charge on any atom is 0.434 e. The molecule has 9 heteroatoms. The number of ketones is 1. The molecule has 1 aliphatic rings. The lowest BCUT2D eigenvalue weighted by atomic mass is 9.79. The zero-order valence-corrected chi connectivity index (χ0v) is 20.2. The van der Waals surface area contributed by atoms with Crippen LogP contribution >= 0.6 is 0 Å². The van der Waals surface area contributed by atoms with Crippen LogP contribution in [0.2, 0.25) is 25.7 Å². The minimum Gasteiger partial charge on any atom is -0.361 e. The molecule has 32 heavy (non-hydrogen) atoms. The average Bonchev–Trinajstić information content (AvgIpc) is 3.15. The molecule has 0 unspecified atom stereocenters. The van der Waals surface area contributed by atoms with Crippen LogP contribution in [0.15, 0.2) is 24.5 Å². The molecule has 3 rings (SSSR count). The molecule has 0 spiro atoms. The molecule has 1 saturated carbocycles. The van der Waals surface area contributed by atoms with E-state index in [0.29, 0.717) is 12.2 Å². The number of Topliss-reactive ketones (excluding diaryl/α,β-unsaturated/α-hetero) is 1. The maximum atomic E-state index is 13.3. The van der Waals surface area contributed by atoms with Crippen molar-refractivity contribution in [3.63, 3.8) is 0 Å². The highest BCUT2D eigenvalue weighted by atomic mass is 28.3. The summed E-state index contributed by atoms with van der Waals surface area (Å²) in [6, 6.07) is 4.58. The third kappa shape index (κ3) is 6.51. The second-order valence-electron chi connectivity index (χ2n) is 9.90. The summed E-state index contributed by atoms with van der Waals surface area (Å²) in [5, 5.41) is 0. The third-order valence-electron chi connectivity index (χ3n) is 6.06. The summed E-state index contributed by atoms with van der Waals surface area (Å²) in [5.41, 5.74) is 0.500. The van der Waals surface area contributed by atoms with Gasteiger partial charge in [-0.15, -0.1) is 0 Å². The SMILES string of the molecule is CC(=O)C1CCC(c2ccc(-c3nc(C(F)(F)F)cn3COCC[Si](C)(C)C)cn2)CC1. The number of imidazole rings is 1. The molecule has 0 aromatic carbocycles. The van der Waals surface area contributed by atoms with E-state index in [-0.39, 0.29) is 30.2 Å². The van der Waals surface area contributed by atoms with Gasteiger partial charge in [-0.05, 0) is 50.8 Å². The first-order chi connectivity index (χ1) is 14.9. The number of halogens is 3. The van der Waals surface area contributed by atoms with Crippen molar-refractivity contribution >= 4 is 13.9 Å². The number of hydrogen-bond donors (Lipinski definition) is 0. The number of carbonyl (C=O) groups excluding carboxylic acids is 1. The van der Waals surface area contributed by atoms with Crippen molar-refractivity contribution in [2.45, 2.75) is 77.1 Å². The molecular formula is C23H32F3N3O2Si. The van der Waals surface area contributed by atoms with Gasteiger partial charge >= 0.3 is 6.18 Å². The van der Waals surface area contributed by atoms with E-state index < -0.39 is 19.9 Å². The fraction of sp³-hybridized carbons (Fsp3) is 0.609. The number of hydrogen-bond acceptors (Lipinski definition) is 4. The van der Waals surface area contributed by atoms with Crippen molar-refractivity contribution < 1.29 is 22.7 Å². The van der Waals surface area contributed by atoms with Gasteiger partial charge in [0.1, 0.15) is 18.3 Å². The molecule has 2 aromatic rings. The molecule has 0 atom stereocenters. The zero-order valence-electron chi connectivity index (χ0n) is 19.2. The zero-order chi connectivity index (χ0) is 23.5. The minimum atomic E-state index is -4.53. The van der Waals surface area contributed by atoms with Crippen molar-refractivity contribution in [2.24, 2.45) is 5.92 Å². The second kappa shape index (κ2) is 9.87. The van der Waals surface area contributed by atoms with E-state index in [0.717, 1.165) is 43.6 Å². The van der Waals surface area contributed by atoms with Gasteiger partial charge in [0.2, 0.25) is 0 Å². The molecule has 1 aliphatic carbocycles. The number of aromatic nitrogens is 3. The van der Waals surface area contributed by atoms with Gasteiger partial charge in [-0.25, -0.2) is 4.98 Å². The quantitative estimate of drug-likeness (QED) is 0.346. The summed E-state index contributed by atoms with van der Waals surface area (Å²) >= 11 is 0. The van der Waals surface area contributed by atoms with Crippen LogP contribution in [-0.4, -0.2) is 35.0 Å². The fourth-order valence-corrected chi connectivity index (χ4v) is 4.75. The molecule has 0 amide bonds. The predicted molar refractivity (Wildman–Crippen MR) is 120 cm³/mol. The summed E-state index contributed by atoms with van der Waals surface area (Å²) in [5.74, 6) is 0.852. The average molecular weight is 468 g/mol. The summed E-state index contributed by atoms with van der Waals surface area (Å²) in [6.07, 6.45) is 1.58. The van der Waals surface area contributed by atoms with Crippen LogP contribution in [-0.2, 0) is 22.4 Å². The second-order valence-corrected chi connectivity index (χ2v) is 15.5. The highest BCUT2D eigenvalue weighted by Crippen LogP contribution is 2.36. The number of carbonyl (C=O) groups is 1. The van der Waals surface area contributed by atoms with Crippen LogP contribution in [0.3, 0.4) is 0 Å². The molecule has 0 aliphatic heterocycles. The topological polar surface area (TPSA) is 57.0 Å². The molecule has 1 fully saturated rings. The largest absolute Gasteiger partial charge is 0.434 e. The minimum absolute atomic E-state index is 0.0136. The number of nitrogens with zero attached hydrogens (tertiary/aromatic N) is 3. The van der Waals surface area contributed by atoms with Crippen molar-refractivity contribution in [1.82, 2.24) is 14.5 Å². The lowest BCUT2D eigenvalue weighted by Gasteiger charge is -2.26. The molecular weight excluding hydrogens is 435 g/mol. The summed E-state index contributed by atoms with van der Waals surface area (Å²) < 4.78 is 46.9. The van der Waals surface area contributed by atoms with Gasteiger partial charge in [0.05, 0.1) is 0 Å². The Morgan fingerprint density at radius 3 is 2.41 bits per heavy atom. The van der Waals surface area contributed by atoms with Crippen molar-refractivity contribution in [2.75, 3.05) is 6.61 Å². The van der Waals surface area contributed by atoms with Gasteiger partial charge in [0.15, 0.2) is 5.69 Å². The summed E-state index contributed by atoms with van der Waals surface area (Å²) in [7, 11) is -1.29. The molecule has 0 saturated heterocycles. The van der Waals surface area contributed by atoms with Gasteiger partial charge in [-0.1, -0.05) is 19.6 Å². The van der Waals surface area contributed by atoms with E-state index in [2.05, 4.69) is 29.6 Å². The summed E-state index contributed by atoms with van der Waals surface area (Å²) in [6.45, 7) is 8.83. The van der Waals surface area contributed by atoms with Crippen molar-refractivity contribution in [3.05, 3.63) is 35.9 Å². The number of ether oxygens (including phenoxy) is 1. The van der Waals surface area contributed by atoms with Crippen LogP contribution in [0.4, 0.5) is 13.2 Å². The van der Waals surface area contributed by atoms with Gasteiger partial charge < -0.3 is 9.30 Å². The standard InChI is InChI=1S/C23H32F3N3O2Si/c1-16(30)17-5-7-18(8-6-17)20-10-9-19(13-27-20)22-28-21(23(24,25)26)14-29(22)15-31-11-12-32(2,3)4/h9-10,13-14,17-18H,5-8,11-12,15H2,1-4H3. The smallest absolute Gasteiger partial charge is 0.361 e. The van der Waals surface area contributed by atoms with E-state index in [4.69, 9.17) is 4.74 Å². The predicted octanol–water partition coefficient (Wildman–Crippen LogP) is 6.14. The Kier molecular flexibility index (Phi) is 7.60. The Morgan fingerprint density at radius 2 is 1.88 bits per heavy atom. The van der Waals surface area contributed by atoms with Crippen LogP contribution in [0.25, 0.3) is 11.4 Å². The number of rotatable bonds is 8. The van der Waals surface area contributed by atoms with E-state index in [9.17, 15) is 18.0 Å². The lowest BCUT2D eigenvalue weighted by molar-refractivity contribution is -0.141. The summed E-state index contributed by atoms with van der Waals surface area (Å²) in [4.78, 5) is 20.0. The molecule has 0 radical (unpaired) electrons. The Morgan fingerprint density at radius 1 is 1.19 bits per heavy atom. The maximum absolute atomic E-state index is 13.3. The van der Waals surface area contributed by atoms with Crippen LogP contribution in [0.1, 0.15) is 49.9 Å².